The molecule has 0 bridgehead atoms. The fraction of sp³-hybridized carbons (Fsp3) is 0.433. The van der Waals surface area contributed by atoms with E-state index in [4.69, 9.17) is 9.47 Å². The van der Waals surface area contributed by atoms with E-state index in [1.165, 1.54) is 16.9 Å². The number of hydrogen-bond acceptors (Lipinski definition) is 6. The quantitative estimate of drug-likeness (QED) is 0.555. The summed E-state index contributed by atoms with van der Waals surface area (Å²) in [5, 5.41) is 12.4. The molecule has 3 aromatic rings. The predicted molar refractivity (Wildman–Crippen MR) is 145 cm³/mol. The molecule has 1 unspecified atom stereocenters. The molecule has 1 N–H and O–H groups in total. The van der Waals surface area contributed by atoms with Crippen molar-refractivity contribution in [3.05, 3.63) is 76.1 Å². The number of aromatic nitrogens is 1. The lowest BCUT2D eigenvalue weighted by Gasteiger charge is -2.40. The van der Waals surface area contributed by atoms with Gasteiger partial charge in [-0.25, -0.2) is 0 Å². The van der Waals surface area contributed by atoms with Crippen LogP contribution in [0.3, 0.4) is 0 Å². The number of piperazine rings is 1. The van der Waals surface area contributed by atoms with Crippen molar-refractivity contribution in [2.75, 3.05) is 43.1 Å². The van der Waals surface area contributed by atoms with Crippen LogP contribution in [0.1, 0.15) is 47.4 Å². The monoisotopic (exact) mass is 487 g/mol. The van der Waals surface area contributed by atoms with Crippen molar-refractivity contribution < 1.29 is 14.6 Å². The Labute approximate surface area is 214 Å². The second kappa shape index (κ2) is 8.70. The molecule has 36 heavy (non-hydrogen) atoms. The van der Waals surface area contributed by atoms with Crippen LogP contribution in [0.4, 0.5) is 11.4 Å². The van der Waals surface area contributed by atoms with E-state index in [0.717, 1.165) is 65.6 Å². The minimum atomic E-state index is -1.30. The lowest BCUT2D eigenvalue weighted by atomic mass is 9.74. The smallest absolute Gasteiger partial charge is 0.159 e. The number of rotatable bonds is 4. The summed E-state index contributed by atoms with van der Waals surface area (Å²) >= 11 is 0. The molecule has 3 heterocycles. The zero-order valence-corrected chi connectivity index (χ0v) is 22.5. The van der Waals surface area contributed by atoms with Gasteiger partial charge in [0.1, 0.15) is 17.1 Å². The van der Waals surface area contributed by atoms with Crippen molar-refractivity contribution in [2.24, 2.45) is 0 Å². The van der Waals surface area contributed by atoms with Gasteiger partial charge in [0.05, 0.1) is 7.11 Å². The van der Waals surface area contributed by atoms with Gasteiger partial charge in [-0.05, 0) is 88.6 Å². The van der Waals surface area contributed by atoms with E-state index in [1.807, 2.05) is 45.0 Å². The van der Waals surface area contributed by atoms with E-state index >= 15 is 0 Å². The molecule has 0 radical (unpaired) electrons. The number of aryl methyl sites for hydroxylation is 1. The third-order valence-electron chi connectivity index (χ3n) is 8.17. The third kappa shape index (κ3) is 3.62. The number of benzene rings is 2. The number of aliphatic hydroxyl groups is 1. The van der Waals surface area contributed by atoms with E-state index in [9.17, 15) is 5.11 Å². The third-order valence-corrected chi connectivity index (χ3v) is 8.17. The van der Waals surface area contributed by atoms with Crippen molar-refractivity contribution in [3.8, 4) is 11.5 Å². The molecule has 1 atom stereocenters. The Hall–Kier alpha value is -3.25. The molecule has 0 saturated carbocycles. The van der Waals surface area contributed by atoms with E-state index in [1.54, 1.807) is 13.3 Å². The summed E-state index contributed by atoms with van der Waals surface area (Å²) in [4.78, 5) is 9.39. The van der Waals surface area contributed by atoms with Gasteiger partial charge in [-0.15, -0.1) is 0 Å². The van der Waals surface area contributed by atoms with E-state index in [2.05, 4.69) is 47.7 Å². The molecule has 1 aromatic heterocycles. The minimum absolute atomic E-state index is 0.762. The Morgan fingerprint density at radius 1 is 0.861 bits per heavy atom. The molecule has 0 aliphatic carbocycles. The number of fused-ring (bicyclic) bond motifs is 1. The molecule has 2 aliphatic heterocycles. The van der Waals surface area contributed by atoms with Crippen molar-refractivity contribution in [1.29, 1.82) is 0 Å². The summed E-state index contributed by atoms with van der Waals surface area (Å²) in [5.41, 5.74) is 6.23. The van der Waals surface area contributed by atoms with Gasteiger partial charge in [-0.1, -0.05) is 6.07 Å². The van der Waals surface area contributed by atoms with Crippen LogP contribution in [0.25, 0.3) is 0 Å². The summed E-state index contributed by atoms with van der Waals surface area (Å²) in [6.45, 7) is 16.0. The molecular formula is C30H37N3O3. The summed E-state index contributed by atoms with van der Waals surface area (Å²) in [7, 11) is 1.69. The Balaban J connectivity index is 1.52. The predicted octanol–water partition coefficient (Wildman–Crippen LogP) is 5.06. The molecule has 1 saturated heterocycles. The summed E-state index contributed by atoms with van der Waals surface area (Å²) in [6.07, 6.45) is 1.79. The number of methoxy groups -OCH3 is 1. The van der Waals surface area contributed by atoms with Crippen LogP contribution in [-0.2, 0) is 5.60 Å². The van der Waals surface area contributed by atoms with Gasteiger partial charge in [-0.3, -0.25) is 4.98 Å². The Bertz CT molecular complexity index is 1280. The van der Waals surface area contributed by atoms with E-state index < -0.39 is 11.2 Å². The number of pyridine rings is 1. The first-order valence-electron chi connectivity index (χ1n) is 12.7. The topological polar surface area (TPSA) is 58.1 Å². The van der Waals surface area contributed by atoms with Gasteiger partial charge in [0.25, 0.3) is 0 Å². The molecule has 5 rings (SSSR count). The average Bonchev–Trinajstić information content (AvgIpc) is 3.10. The van der Waals surface area contributed by atoms with Crippen LogP contribution < -0.4 is 19.3 Å². The highest BCUT2D eigenvalue weighted by Gasteiger charge is 2.57. The van der Waals surface area contributed by atoms with Crippen LogP contribution in [0.2, 0.25) is 0 Å². The molecular weight excluding hydrogens is 450 g/mol. The summed E-state index contributed by atoms with van der Waals surface area (Å²) in [6, 6.07) is 12.2. The van der Waals surface area contributed by atoms with Gasteiger partial charge in [0.15, 0.2) is 5.60 Å². The SMILES string of the molecule is COc1ccc(N2CCN(c3c(C)c(C)c4c(c3C)C(O)(c3ccc(C)nc3)C(C)(C)O4)CC2)cc1. The molecule has 0 spiro atoms. The average molecular weight is 488 g/mol. The fourth-order valence-corrected chi connectivity index (χ4v) is 5.93. The number of hydrogen-bond donors (Lipinski definition) is 1. The first-order chi connectivity index (χ1) is 17.1. The van der Waals surface area contributed by atoms with Crippen molar-refractivity contribution in [3.63, 3.8) is 0 Å². The van der Waals surface area contributed by atoms with Crippen molar-refractivity contribution in [1.82, 2.24) is 4.98 Å². The molecule has 2 aliphatic rings. The maximum atomic E-state index is 12.4. The van der Waals surface area contributed by atoms with E-state index in [-0.39, 0.29) is 0 Å². The first-order valence-corrected chi connectivity index (χ1v) is 12.7. The number of ether oxygens (including phenoxy) is 2. The normalized spacial score (nSPS) is 20.8. The highest BCUT2D eigenvalue weighted by molar-refractivity contribution is 5.73. The Morgan fingerprint density at radius 3 is 2.08 bits per heavy atom. The standard InChI is InChI=1S/C30H37N3O3/c1-19-8-9-23(18-31-19)30(34)26-22(4)27(20(2)21(3)28(26)36-29(30,5)6)33-16-14-32(15-17-33)24-10-12-25(35-7)13-11-24/h8-13,18,34H,14-17H2,1-7H3. The second-order valence-electron chi connectivity index (χ2n) is 10.6. The molecule has 0 amide bonds. The second-order valence-corrected chi connectivity index (χ2v) is 10.6. The molecule has 6 heteroatoms. The molecule has 190 valence electrons. The van der Waals surface area contributed by atoms with Crippen molar-refractivity contribution in [2.45, 2.75) is 52.7 Å². The molecule has 2 aromatic carbocycles. The zero-order chi connectivity index (χ0) is 25.8. The van der Waals surface area contributed by atoms with E-state index in [0.29, 0.717) is 0 Å². The molecule has 1 fully saturated rings. The maximum Gasteiger partial charge on any atom is 0.159 e. The largest absolute Gasteiger partial charge is 0.497 e. The van der Waals surface area contributed by atoms with Gasteiger partial charge < -0.3 is 24.4 Å². The lowest BCUT2D eigenvalue weighted by Crippen LogP contribution is -2.48. The van der Waals surface area contributed by atoms with Crippen LogP contribution in [-0.4, -0.2) is 49.0 Å². The van der Waals surface area contributed by atoms with Crippen molar-refractivity contribution >= 4 is 11.4 Å². The highest BCUT2D eigenvalue weighted by atomic mass is 16.5. The molecule has 6 nitrogen and oxygen atoms in total. The summed E-state index contributed by atoms with van der Waals surface area (Å²) in [5.74, 6) is 1.68. The zero-order valence-electron chi connectivity index (χ0n) is 22.5. The van der Waals surface area contributed by atoms with Gasteiger partial charge in [0.2, 0.25) is 0 Å². The number of anilines is 2. The Morgan fingerprint density at radius 2 is 1.50 bits per heavy atom. The number of nitrogens with zero attached hydrogens (tertiary/aromatic N) is 3. The lowest BCUT2D eigenvalue weighted by molar-refractivity contribution is -0.0647. The highest BCUT2D eigenvalue weighted by Crippen LogP contribution is 2.56. The van der Waals surface area contributed by atoms with Gasteiger partial charge >= 0.3 is 0 Å². The van der Waals surface area contributed by atoms with Gasteiger partial charge in [0, 0.05) is 60.6 Å². The van der Waals surface area contributed by atoms with Gasteiger partial charge in [-0.2, -0.15) is 0 Å². The Kier molecular flexibility index (Phi) is 5.91. The first kappa shape index (κ1) is 24.4. The van der Waals surface area contributed by atoms with Crippen LogP contribution in [0.5, 0.6) is 11.5 Å². The van der Waals surface area contributed by atoms with Crippen LogP contribution in [0, 0.1) is 27.7 Å². The maximum absolute atomic E-state index is 12.4. The van der Waals surface area contributed by atoms with Crippen LogP contribution >= 0.6 is 0 Å². The van der Waals surface area contributed by atoms with Crippen LogP contribution in [0.15, 0.2) is 42.6 Å². The fourth-order valence-electron chi connectivity index (χ4n) is 5.93. The summed E-state index contributed by atoms with van der Waals surface area (Å²) < 4.78 is 11.8. The minimum Gasteiger partial charge on any atom is -0.497 e.